The molecule has 0 unspecified atom stereocenters. The highest BCUT2D eigenvalue weighted by atomic mass is 16.6. The highest BCUT2D eigenvalue weighted by Gasteiger charge is 2.16. The van der Waals surface area contributed by atoms with Crippen molar-refractivity contribution in [3.8, 4) is 11.8 Å². The Balaban J connectivity index is 2.64. The van der Waals surface area contributed by atoms with Crippen LogP contribution in [0.5, 0.6) is 0 Å². The Morgan fingerprint density at radius 1 is 1.25 bits per heavy atom. The highest BCUT2D eigenvalue weighted by Crippen LogP contribution is 2.21. The molecule has 2 aromatic rings. The van der Waals surface area contributed by atoms with Gasteiger partial charge in [0, 0.05) is 6.07 Å². The van der Waals surface area contributed by atoms with Crippen molar-refractivity contribution >= 4 is 5.82 Å². The quantitative estimate of drug-likeness (QED) is 0.567. The van der Waals surface area contributed by atoms with Crippen molar-refractivity contribution in [1.82, 2.24) is 4.57 Å². The molecular weight excluding hydrogens is 206 g/mol. The van der Waals surface area contributed by atoms with Crippen LogP contribution in [0.15, 0.2) is 42.6 Å². The zero-order chi connectivity index (χ0) is 11.5. The molecule has 0 saturated heterocycles. The van der Waals surface area contributed by atoms with Gasteiger partial charge in [0.25, 0.3) is 0 Å². The van der Waals surface area contributed by atoms with Gasteiger partial charge in [-0.2, -0.15) is 9.83 Å². The first kappa shape index (κ1) is 9.93. The number of nitriles is 1. The lowest BCUT2D eigenvalue weighted by Crippen LogP contribution is -2.00. The molecule has 1 heterocycles. The first-order valence-electron chi connectivity index (χ1n) is 4.55. The number of nitrogens with zero attached hydrogens (tertiary/aromatic N) is 3. The van der Waals surface area contributed by atoms with Crippen LogP contribution >= 0.6 is 0 Å². The second-order valence-corrected chi connectivity index (χ2v) is 3.12. The minimum absolute atomic E-state index is 0.0531. The number of rotatable bonds is 2. The van der Waals surface area contributed by atoms with Crippen LogP contribution in [0.2, 0.25) is 0 Å². The molecule has 0 radical (unpaired) electrons. The van der Waals surface area contributed by atoms with Crippen molar-refractivity contribution in [2.75, 3.05) is 0 Å². The molecule has 5 nitrogen and oxygen atoms in total. The summed E-state index contributed by atoms with van der Waals surface area (Å²) in [5.74, 6) is -0.0531. The van der Waals surface area contributed by atoms with Gasteiger partial charge in [-0.15, -0.1) is 0 Å². The Labute approximate surface area is 91.3 Å². The number of benzene rings is 1. The van der Waals surface area contributed by atoms with Gasteiger partial charge >= 0.3 is 5.82 Å². The van der Waals surface area contributed by atoms with Crippen molar-refractivity contribution in [2.24, 2.45) is 0 Å². The molecule has 0 N–H and O–H groups in total. The fourth-order valence-corrected chi connectivity index (χ4v) is 1.50. The third kappa shape index (κ3) is 1.53. The predicted octanol–water partition coefficient (Wildman–Crippen LogP) is 2.26. The van der Waals surface area contributed by atoms with E-state index in [2.05, 4.69) is 0 Å². The van der Waals surface area contributed by atoms with E-state index in [1.807, 2.05) is 6.07 Å². The second kappa shape index (κ2) is 3.87. The zero-order valence-electron chi connectivity index (χ0n) is 8.20. The minimum atomic E-state index is -0.478. The van der Waals surface area contributed by atoms with Gasteiger partial charge in [-0.05, 0) is 23.1 Å². The van der Waals surface area contributed by atoms with E-state index in [9.17, 15) is 10.1 Å². The molecule has 0 aliphatic rings. The summed E-state index contributed by atoms with van der Waals surface area (Å²) in [6.07, 6.45) is 1.56. The van der Waals surface area contributed by atoms with Crippen molar-refractivity contribution in [3.05, 3.63) is 58.3 Å². The molecule has 0 aliphatic heterocycles. The third-order valence-electron chi connectivity index (χ3n) is 2.20. The summed E-state index contributed by atoms with van der Waals surface area (Å²) in [6.45, 7) is 0. The predicted molar refractivity (Wildman–Crippen MR) is 57.1 cm³/mol. The summed E-state index contributed by atoms with van der Waals surface area (Å²) in [5, 5.41) is 19.7. The number of hydrogen-bond donors (Lipinski definition) is 0. The van der Waals surface area contributed by atoms with Gasteiger partial charge < -0.3 is 10.1 Å². The number of aromatic nitrogens is 1. The van der Waals surface area contributed by atoms with Gasteiger partial charge in [-0.25, -0.2) is 0 Å². The third-order valence-corrected chi connectivity index (χ3v) is 2.20. The molecule has 0 aliphatic carbocycles. The van der Waals surface area contributed by atoms with E-state index in [-0.39, 0.29) is 5.82 Å². The first-order valence-corrected chi connectivity index (χ1v) is 4.55. The lowest BCUT2D eigenvalue weighted by Gasteiger charge is -2.02. The summed E-state index contributed by atoms with van der Waals surface area (Å²) < 4.78 is 1.39. The molecule has 1 aromatic heterocycles. The van der Waals surface area contributed by atoms with Crippen LogP contribution in [0.3, 0.4) is 0 Å². The second-order valence-electron chi connectivity index (χ2n) is 3.12. The molecular formula is C11H7N3O2. The monoisotopic (exact) mass is 213 g/mol. The van der Waals surface area contributed by atoms with Gasteiger partial charge in [0.2, 0.25) is 0 Å². The Kier molecular flexibility index (Phi) is 2.40. The maximum absolute atomic E-state index is 10.8. The molecule has 0 bridgehead atoms. The van der Waals surface area contributed by atoms with Gasteiger partial charge in [-0.1, -0.05) is 12.1 Å². The fraction of sp³-hybridized carbons (Fsp3) is 0. The standard InChI is InChI=1S/C11H7N3O2/c12-8-9-4-1-2-5-10(9)13-7-3-6-11(13)14(15)16/h1-7H. The smallest absolute Gasteiger partial charge is 0.328 e. The lowest BCUT2D eigenvalue weighted by molar-refractivity contribution is -0.390. The van der Waals surface area contributed by atoms with Crippen molar-refractivity contribution in [1.29, 1.82) is 5.26 Å². The molecule has 5 heteroatoms. The fourth-order valence-electron chi connectivity index (χ4n) is 1.50. The number of nitro groups is 1. The maximum Gasteiger partial charge on any atom is 0.328 e. The SMILES string of the molecule is N#Cc1ccccc1-n1cccc1[N+](=O)[O-]. The molecule has 2 rings (SSSR count). The van der Waals surface area contributed by atoms with E-state index in [1.165, 1.54) is 10.6 Å². The van der Waals surface area contributed by atoms with Crippen LogP contribution in [-0.4, -0.2) is 9.49 Å². The number of para-hydroxylation sites is 1. The Hall–Kier alpha value is -2.61. The summed E-state index contributed by atoms with van der Waals surface area (Å²) in [7, 11) is 0. The molecule has 0 fully saturated rings. The van der Waals surface area contributed by atoms with Crippen molar-refractivity contribution in [3.63, 3.8) is 0 Å². The summed E-state index contributed by atoms with van der Waals surface area (Å²) in [4.78, 5) is 10.3. The maximum atomic E-state index is 10.8. The Morgan fingerprint density at radius 2 is 2.00 bits per heavy atom. The summed E-state index contributed by atoms with van der Waals surface area (Å²) in [6, 6.07) is 11.7. The van der Waals surface area contributed by atoms with E-state index >= 15 is 0 Å². The molecule has 0 saturated carbocycles. The molecule has 0 amide bonds. The van der Waals surface area contributed by atoms with Crippen LogP contribution in [0, 0.1) is 21.4 Å². The first-order chi connectivity index (χ1) is 7.74. The van der Waals surface area contributed by atoms with E-state index in [1.54, 1.807) is 36.5 Å². The van der Waals surface area contributed by atoms with Crippen LogP contribution < -0.4 is 0 Å². The van der Waals surface area contributed by atoms with Gasteiger partial charge in [0.1, 0.15) is 6.07 Å². The molecule has 16 heavy (non-hydrogen) atoms. The highest BCUT2D eigenvalue weighted by molar-refractivity contribution is 5.51. The zero-order valence-corrected chi connectivity index (χ0v) is 8.20. The van der Waals surface area contributed by atoms with Gasteiger partial charge in [-0.3, -0.25) is 0 Å². The van der Waals surface area contributed by atoms with E-state index in [0.29, 0.717) is 11.3 Å². The lowest BCUT2D eigenvalue weighted by atomic mass is 10.2. The van der Waals surface area contributed by atoms with E-state index in [0.717, 1.165) is 0 Å². The number of hydrogen-bond acceptors (Lipinski definition) is 3. The summed E-state index contributed by atoms with van der Waals surface area (Å²) in [5.41, 5.74) is 0.920. The summed E-state index contributed by atoms with van der Waals surface area (Å²) >= 11 is 0. The molecule has 0 spiro atoms. The van der Waals surface area contributed by atoms with Crippen molar-refractivity contribution in [2.45, 2.75) is 0 Å². The van der Waals surface area contributed by atoms with Gasteiger partial charge in [0.05, 0.1) is 11.8 Å². The average Bonchev–Trinajstić information content (AvgIpc) is 2.77. The van der Waals surface area contributed by atoms with Crippen LogP contribution in [-0.2, 0) is 0 Å². The van der Waals surface area contributed by atoms with Gasteiger partial charge in [0.15, 0.2) is 5.69 Å². The molecule has 0 atom stereocenters. The van der Waals surface area contributed by atoms with Crippen LogP contribution in [0.1, 0.15) is 5.56 Å². The molecule has 78 valence electrons. The van der Waals surface area contributed by atoms with Crippen molar-refractivity contribution < 1.29 is 4.92 Å². The van der Waals surface area contributed by atoms with E-state index < -0.39 is 4.92 Å². The minimum Gasteiger partial charge on any atom is -0.358 e. The normalized spacial score (nSPS) is 9.69. The Bertz CT molecular complexity index is 581. The molecule has 1 aromatic carbocycles. The average molecular weight is 213 g/mol. The van der Waals surface area contributed by atoms with Crippen LogP contribution in [0.25, 0.3) is 5.69 Å². The van der Waals surface area contributed by atoms with E-state index in [4.69, 9.17) is 5.26 Å². The Morgan fingerprint density at radius 3 is 2.69 bits per heavy atom. The topological polar surface area (TPSA) is 71.9 Å². The van der Waals surface area contributed by atoms with Crippen LogP contribution in [0.4, 0.5) is 5.82 Å². The largest absolute Gasteiger partial charge is 0.358 e.